The van der Waals surface area contributed by atoms with Gasteiger partial charge in [-0.2, -0.15) is 0 Å². The largest absolute Gasteiger partial charge is 0.381 e. The van der Waals surface area contributed by atoms with Crippen LogP contribution in [0, 0.1) is 35.5 Å². The molecule has 8 rings (SSSR count). The van der Waals surface area contributed by atoms with Gasteiger partial charge in [-0.3, -0.25) is 0 Å². The van der Waals surface area contributed by atoms with E-state index in [1.165, 1.54) is 128 Å². The van der Waals surface area contributed by atoms with Crippen molar-refractivity contribution < 1.29 is 56.8 Å². The van der Waals surface area contributed by atoms with Crippen LogP contribution in [0.1, 0.15) is 193 Å². The molecular formula is C60H106O12. The van der Waals surface area contributed by atoms with Crippen molar-refractivity contribution >= 4 is 0 Å². The highest BCUT2D eigenvalue weighted by molar-refractivity contribution is 4.94. The molecule has 4 aliphatic carbocycles. The highest BCUT2D eigenvalue weighted by Gasteiger charge is 2.46. The van der Waals surface area contributed by atoms with E-state index >= 15 is 0 Å². The number of epoxide rings is 4. The van der Waals surface area contributed by atoms with E-state index in [9.17, 15) is 0 Å². The summed E-state index contributed by atoms with van der Waals surface area (Å²) in [6, 6.07) is 0. The summed E-state index contributed by atoms with van der Waals surface area (Å²) < 4.78 is 72.8. The Labute approximate surface area is 438 Å². The lowest BCUT2D eigenvalue weighted by atomic mass is 9.88. The number of hydrogen-bond donors (Lipinski definition) is 0. The van der Waals surface area contributed by atoms with Gasteiger partial charge in [0.25, 0.3) is 0 Å². The van der Waals surface area contributed by atoms with E-state index in [0.29, 0.717) is 84.3 Å². The molecule has 14 atom stereocenters. The molecule has 0 N–H and O–H groups in total. The molecule has 14 unspecified atom stereocenters. The molecule has 4 saturated heterocycles. The summed E-state index contributed by atoms with van der Waals surface area (Å²) in [5.41, 5.74) is 0. The van der Waals surface area contributed by atoms with Crippen molar-refractivity contribution in [3.8, 4) is 0 Å². The maximum atomic E-state index is 6.52. The van der Waals surface area contributed by atoms with Crippen molar-refractivity contribution in [3.63, 3.8) is 0 Å². The van der Waals surface area contributed by atoms with Crippen LogP contribution in [0.5, 0.6) is 0 Å². The minimum Gasteiger partial charge on any atom is -0.381 e. The molecule has 0 bridgehead atoms. The molecule has 0 radical (unpaired) electrons. The van der Waals surface area contributed by atoms with Crippen LogP contribution < -0.4 is 0 Å². The molecule has 0 aromatic carbocycles. The van der Waals surface area contributed by atoms with Crippen LogP contribution in [-0.4, -0.2) is 155 Å². The number of rotatable bonds is 47. The normalized spacial score (nSPS) is 31.8. The minimum atomic E-state index is 0.377. The van der Waals surface area contributed by atoms with E-state index in [0.717, 1.165) is 170 Å². The van der Waals surface area contributed by atoms with Crippen LogP contribution in [0.2, 0.25) is 0 Å². The molecule has 0 aromatic heterocycles. The van der Waals surface area contributed by atoms with E-state index in [1.807, 2.05) is 0 Å². The van der Waals surface area contributed by atoms with Crippen LogP contribution >= 0.6 is 0 Å². The number of ether oxygens (including phenoxy) is 12. The summed E-state index contributed by atoms with van der Waals surface area (Å²) >= 11 is 0. The average molecular weight is 1020 g/mol. The second-order valence-electron chi connectivity index (χ2n) is 24.0. The second-order valence-corrected chi connectivity index (χ2v) is 24.0. The van der Waals surface area contributed by atoms with Gasteiger partial charge in [0.15, 0.2) is 0 Å². The highest BCUT2D eigenvalue weighted by atomic mass is 16.6. The van der Waals surface area contributed by atoms with Crippen LogP contribution in [0.25, 0.3) is 0 Å². The van der Waals surface area contributed by atoms with Gasteiger partial charge < -0.3 is 56.8 Å². The molecule has 0 spiro atoms. The Morgan fingerprint density at radius 2 is 0.500 bits per heavy atom. The summed E-state index contributed by atoms with van der Waals surface area (Å²) in [6.45, 7) is 13.5. The fourth-order valence-electron chi connectivity index (χ4n) is 12.7. The molecule has 8 aliphatic rings. The Bertz CT molecular complexity index is 1280. The molecule has 12 heteroatoms. The summed E-state index contributed by atoms with van der Waals surface area (Å²) in [7, 11) is 0. The Balaban J connectivity index is 0.692. The van der Waals surface area contributed by atoms with Crippen LogP contribution in [0.15, 0.2) is 0 Å². The Morgan fingerprint density at radius 1 is 0.250 bits per heavy atom. The molecule has 4 heterocycles. The van der Waals surface area contributed by atoms with E-state index in [1.54, 1.807) is 0 Å². The van der Waals surface area contributed by atoms with Gasteiger partial charge >= 0.3 is 0 Å². The van der Waals surface area contributed by atoms with Crippen molar-refractivity contribution in [3.05, 3.63) is 0 Å². The summed E-state index contributed by atoms with van der Waals surface area (Å²) in [5, 5.41) is 0. The highest BCUT2D eigenvalue weighted by Crippen LogP contribution is 2.42. The monoisotopic (exact) mass is 1020 g/mol. The van der Waals surface area contributed by atoms with E-state index in [4.69, 9.17) is 56.8 Å². The SMILES string of the molecule is C(CCCOCC1CCC2OC2C1)CCOCCC(COCCCCCCOCC1CCC2OC2C1)C(CCOCCCCCCOCC1CCC2OC2C1)COCCCCCCOCC1CCC2OC2C1. The van der Waals surface area contributed by atoms with Crippen LogP contribution in [0.3, 0.4) is 0 Å². The van der Waals surface area contributed by atoms with Crippen molar-refractivity contribution in [2.45, 2.75) is 241 Å². The predicted molar refractivity (Wildman–Crippen MR) is 281 cm³/mol. The lowest BCUT2D eigenvalue weighted by Gasteiger charge is -2.27. The first-order chi connectivity index (χ1) is 35.7. The average Bonchev–Trinajstić information content (AvgIpc) is 4.19. The van der Waals surface area contributed by atoms with Gasteiger partial charge in [0, 0.05) is 106 Å². The maximum absolute atomic E-state index is 6.52. The molecule has 418 valence electrons. The van der Waals surface area contributed by atoms with Gasteiger partial charge in [-0.05, 0) is 177 Å². The van der Waals surface area contributed by atoms with Crippen molar-refractivity contribution in [2.24, 2.45) is 35.5 Å². The molecular weight excluding hydrogens is 913 g/mol. The standard InChI is InChI=1S/C60H106O12/c1(3-11-29-63-41-47-17-21-53-57(37-47)69-53)9-27-61-35-25-51(45-67-33-15-7-5-13-31-65-43-49-19-23-55-59(39-49)71-55)52(46-68-34-16-8-6-14-32-66-44-50-20-24-56-60(40-50)72-56)26-36-62-28-10-2-4-12-30-64-42-48-18-22-54-58(38-48)70-54/h47-60H,1-46H2. The Hall–Kier alpha value is -0.480. The number of unbranched alkanes of at least 4 members (excludes halogenated alkanes) is 12. The number of fused-ring (bicyclic) bond motifs is 4. The fourth-order valence-corrected chi connectivity index (χ4v) is 12.7. The van der Waals surface area contributed by atoms with Gasteiger partial charge in [0.1, 0.15) is 0 Å². The van der Waals surface area contributed by atoms with Crippen LogP contribution in [-0.2, 0) is 56.8 Å². The third-order valence-corrected chi connectivity index (χ3v) is 17.8. The minimum absolute atomic E-state index is 0.377. The Kier molecular flexibility index (Phi) is 27.6. The van der Waals surface area contributed by atoms with Crippen molar-refractivity contribution in [2.75, 3.05) is 106 Å². The van der Waals surface area contributed by atoms with Crippen LogP contribution in [0.4, 0.5) is 0 Å². The topological polar surface area (TPSA) is 124 Å². The summed E-state index contributed by atoms with van der Waals surface area (Å²) in [6.07, 6.45) is 39.8. The Morgan fingerprint density at radius 3 is 0.764 bits per heavy atom. The lowest BCUT2D eigenvalue weighted by molar-refractivity contribution is -0.000254. The zero-order chi connectivity index (χ0) is 49.1. The molecule has 4 aliphatic heterocycles. The van der Waals surface area contributed by atoms with E-state index < -0.39 is 0 Å². The molecule has 0 aromatic rings. The third kappa shape index (κ3) is 23.6. The van der Waals surface area contributed by atoms with Gasteiger partial charge in [0.2, 0.25) is 0 Å². The molecule has 4 saturated carbocycles. The fraction of sp³-hybridized carbons (Fsp3) is 1.00. The van der Waals surface area contributed by atoms with Gasteiger partial charge in [-0.15, -0.1) is 0 Å². The zero-order valence-electron chi connectivity index (χ0n) is 45.5. The predicted octanol–water partition coefficient (Wildman–Crippen LogP) is 11.6. The molecule has 0 amide bonds. The molecule has 8 fully saturated rings. The molecule has 12 nitrogen and oxygen atoms in total. The summed E-state index contributed by atoms with van der Waals surface area (Å²) in [5.74, 6) is 3.54. The van der Waals surface area contributed by atoms with E-state index in [-0.39, 0.29) is 0 Å². The lowest BCUT2D eigenvalue weighted by Crippen LogP contribution is -2.28. The maximum Gasteiger partial charge on any atom is 0.0845 e. The van der Waals surface area contributed by atoms with Crippen molar-refractivity contribution in [1.82, 2.24) is 0 Å². The van der Waals surface area contributed by atoms with Gasteiger partial charge in [-0.1, -0.05) is 51.4 Å². The van der Waals surface area contributed by atoms with Gasteiger partial charge in [-0.25, -0.2) is 0 Å². The smallest absolute Gasteiger partial charge is 0.0845 e. The second kappa shape index (κ2) is 34.4. The summed E-state index contributed by atoms with van der Waals surface area (Å²) in [4.78, 5) is 0. The third-order valence-electron chi connectivity index (χ3n) is 17.8. The molecule has 72 heavy (non-hydrogen) atoms. The first kappa shape index (κ1) is 57.7. The van der Waals surface area contributed by atoms with Gasteiger partial charge in [0.05, 0.1) is 48.8 Å². The quantitative estimate of drug-likeness (QED) is 0.0426. The first-order valence-electron chi connectivity index (χ1n) is 31.0. The zero-order valence-corrected chi connectivity index (χ0v) is 45.5. The number of hydrogen-bond acceptors (Lipinski definition) is 12. The van der Waals surface area contributed by atoms with Crippen molar-refractivity contribution in [1.29, 1.82) is 0 Å². The first-order valence-corrected chi connectivity index (χ1v) is 31.0. The van der Waals surface area contributed by atoms with E-state index in [2.05, 4.69) is 0 Å².